The van der Waals surface area contributed by atoms with E-state index >= 15 is 0 Å². The maximum Gasteiger partial charge on any atom is 0.0485 e. The van der Waals surface area contributed by atoms with E-state index in [0.717, 1.165) is 0 Å². The van der Waals surface area contributed by atoms with E-state index in [9.17, 15) is 0 Å². The van der Waals surface area contributed by atoms with Gasteiger partial charge in [0.05, 0.1) is 0 Å². The average Bonchev–Trinajstić information content (AvgIpc) is 2.87. The minimum absolute atomic E-state index is 0.525. The van der Waals surface area contributed by atoms with Gasteiger partial charge in [-0.25, -0.2) is 0 Å². The van der Waals surface area contributed by atoms with Gasteiger partial charge in [0.15, 0.2) is 0 Å². The van der Waals surface area contributed by atoms with Crippen LogP contribution in [0.2, 0.25) is 0 Å². The Morgan fingerprint density at radius 1 is 1.20 bits per heavy atom. The van der Waals surface area contributed by atoms with Gasteiger partial charge in [0, 0.05) is 29.2 Å². The lowest BCUT2D eigenvalue weighted by atomic mass is 9.81. The standard InChI is InChI=1S/C18H26N2/c1-13(2)20-12-17(16-9-4-5-10-18(16)20)14-7-6-8-15(11-14)19-3/h4-5,9-10,12-15,19H,6-8,11H2,1-3H3. The van der Waals surface area contributed by atoms with E-state index in [1.807, 2.05) is 0 Å². The Balaban J connectivity index is 2.02. The summed E-state index contributed by atoms with van der Waals surface area (Å²) in [5, 5.41) is 4.94. The Morgan fingerprint density at radius 2 is 2.00 bits per heavy atom. The van der Waals surface area contributed by atoms with Gasteiger partial charge < -0.3 is 9.88 Å². The minimum Gasteiger partial charge on any atom is -0.345 e. The molecule has 0 radical (unpaired) electrons. The van der Waals surface area contributed by atoms with E-state index in [0.29, 0.717) is 18.0 Å². The fourth-order valence-electron chi connectivity index (χ4n) is 3.72. The molecule has 1 aromatic heterocycles. The van der Waals surface area contributed by atoms with Crippen molar-refractivity contribution >= 4 is 10.9 Å². The van der Waals surface area contributed by atoms with Crippen molar-refractivity contribution in [2.45, 2.75) is 57.5 Å². The monoisotopic (exact) mass is 270 g/mol. The summed E-state index contributed by atoms with van der Waals surface area (Å²) in [5.74, 6) is 0.714. The molecule has 1 aliphatic carbocycles. The lowest BCUT2D eigenvalue weighted by molar-refractivity contribution is 0.356. The van der Waals surface area contributed by atoms with Crippen molar-refractivity contribution in [3.8, 4) is 0 Å². The first-order valence-corrected chi connectivity index (χ1v) is 7.97. The number of fused-ring (bicyclic) bond motifs is 1. The first kappa shape index (κ1) is 13.7. The molecule has 20 heavy (non-hydrogen) atoms. The second kappa shape index (κ2) is 5.61. The normalized spacial score (nSPS) is 23.6. The molecule has 1 aliphatic rings. The van der Waals surface area contributed by atoms with Gasteiger partial charge in [-0.05, 0) is 57.7 Å². The molecule has 1 aromatic carbocycles. The van der Waals surface area contributed by atoms with Crippen LogP contribution in [-0.4, -0.2) is 17.7 Å². The topological polar surface area (TPSA) is 17.0 Å². The summed E-state index contributed by atoms with van der Waals surface area (Å²) < 4.78 is 2.44. The third kappa shape index (κ3) is 2.37. The number of aromatic nitrogens is 1. The van der Waals surface area contributed by atoms with Crippen molar-refractivity contribution in [2.24, 2.45) is 0 Å². The maximum absolute atomic E-state index is 3.47. The quantitative estimate of drug-likeness (QED) is 0.871. The van der Waals surface area contributed by atoms with Crippen molar-refractivity contribution in [1.29, 1.82) is 0 Å². The summed E-state index contributed by atoms with van der Waals surface area (Å²) in [5.41, 5.74) is 2.96. The van der Waals surface area contributed by atoms with Gasteiger partial charge in [0.2, 0.25) is 0 Å². The molecule has 108 valence electrons. The summed E-state index contributed by atoms with van der Waals surface area (Å²) in [6.45, 7) is 4.54. The van der Waals surface area contributed by atoms with E-state index in [2.05, 4.69) is 61.2 Å². The summed E-state index contributed by atoms with van der Waals surface area (Å²) >= 11 is 0. The van der Waals surface area contributed by atoms with Gasteiger partial charge in [0.1, 0.15) is 0 Å². The van der Waals surface area contributed by atoms with Gasteiger partial charge in [-0.3, -0.25) is 0 Å². The van der Waals surface area contributed by atoms with Crippen LogP contribution < -0.4 is 5.32 Å². The van der Waals surface area contributed by atoms with Crippen LogP contribution >= 0.6 is 0 Å². The second-order valence-electron chi connectivity index (χ2n) is 6.45. The largest absolute Gasteiger partial charge is 0.345 e. The highest BCUT2D eigenvalue weighted by Crippen LogP contribution is 2.38. The highest BCUT2D eigenvalue weighted by molar-refractivity contribution is 5.84. The van der Waals surface area contributed by atoms with Crippen molar-refractivity contribution in [1.82, 2.24) is 9.88 Å². The molecule has 1 heterocycles. The van der Waals surface area contributed by atoms with Crippen LogP contribution in [-0.2, 0) is 0 Å². The first-order valence-electron chi connectivity index (χ1n) is 7.97. The van der Waals surface area contributed by atoms with E-state index in [4.69, 9.17) is 0 Å². The van der Waals surface area contributed by atoms with Crippen LogP contribution in [0, 0.1) is 0 Å². The summed E-state index contributed by atoms with van der Waals surface area (Å²) in [4.78, 5) is 0. The lowest BCUT2D eigenvalue weighted by Gasteiger charge is -2.28. The molecule has 1 N–H and O–H groups in total. The summed E-state index contributed by atoms with van der Waals surface area (Å²) in [6.07, 6.45) is 7.71. The maximum atomic E-state index is 3.47. The van der Waals surface area contributed by atoms with Crippen molar-refractivity contribution in [3.63, 3.8) is 0 Å². The Bertz CT molecular complexity index is 582. The lowest BCUT2D eigenvalue weighted by Crippen LogP contribution is -2.30. The molecule has 0 aliphatic heterocycles. The van der Waals surface area contributed by atoms with Crippen molar-refractivity contribution < 1.29 is 0 Å². The van der Waals surface area contributed by atoms with E-state index in [1.54, 1.807) is 5.56 Å². The van der Waals surface area contributed by atoms with Crippen molar-refractivity contribution in [3.05, 3.63) is 36.0 Å². The number of benzene rings is 1. The average molecular weight is 270 g/mol. The molecule has 0 amide bonds. The zero-order chi connectivity index (χ0) is 14.1. The third-order valence-corrected chi connectivity index (χ3v) is 4.85. The van der Waals surface area contributed by atoms with Crippen LogP contribution in [0.1, 0.15) is 57.1 Å². The fourth-order valence-corrected chi connectivity index (χ4v) is 3.72. The van der Waals surface area contributed by atoms with Crippen LogP contribution in [0.15, 0.2) is 30.5 Å². The predicted octanol–water partition coefficient (Wildman–Crippen LogP) is 4.47. The highest BCUT2D eigenvalue weighted by Gasteiger charge is 2.25. The number of rotatable bonds is 3. The number of nitrogens with one attached hydrogen (secondary N) is 1. The Labute approximate surface area is 122 Å². The van der Waals surface area contributed by atoms with Gasteiger partial charge in [-0.2, -0.15) is 0 Å². The Kier molecular flexibility index (Phi) is 3.84. The molecule has 1 fully saturated rings. The van der Waals surface area contributed by atoms with Crippen molar-refractivity contribution in [2.75, 3.05) is 7.05 Å². The van der Waals surface area contributed by atoms with Crippen LogP contribution in [0.25, 0.3) is 10.9 Å². The van der Waals surface area contributed by atoms with Gasteiger partial charge in [0.25, 0.3) is 0 Å². The molecular weight excluding hydrogens is 244 g/mol. The Hall–Kier alpha value is -1.28. The molecule has 0 saturated heterocycles. The van der Waals surface area contributed by atoms with Gasteiger partial charge in [-0.15, -0.1) is 0 Å². The molecule has 1 saturated carbocycles. The molecule has 0 bridgehead atoms. The molecular formula is C18H26N2. The smallest absolute Gasteiger partial charge is 0.0485 e. The highest BCUT2D eigenvalue weighted by atomic mass is 15.0. The number of hydrogen-bond donors (Lipinski definition) is 1. The summed E-state index contributed by atoms with van der Waals surface area (Å²) in [6, 6.07) is 10.1. The Morgan fingerprint density at radius 3 is 2.75 bits per heavy atom. The summed E-state index contributed by atoms with van der Waals surface area (Å²) in [7, 11) is 2.10. The first-order chi connectivity index (χ1) is 9.70. The predicted molar refractivity (Wildman–Crippen MR) is 86.4 cm³/mol. The van der Waals surface area contributed by atoms with E-state index < -0.39 is 0 Å². The van der Waals surface area contributed by atoms with E-state index in [1.165, 1.54) is 36.6 Å². The fraction of sp³-hybridized carbons (Fsp3) is 0.556. The van der Waals surface area contributed by atoms with Crippen LogP contribution in [0.5, 0.6) is 0 Å². The number of para-hydroxylation sites is 1. The number of hydrogen-bond acceptors (Lipinski definition) is 1. The third-order valence-electron chi connectivity index (χ3n) is 4.85. The number of nitrogens with zero attached hydrogens (tertiary/aromatic N) is 1. The zero-order valence-corrected chi connectivity index (χ0v) is 12.9. The molecule has 2 atom stereocenters. The van der Waals surface area contributed by atoms with Gasteiger partial charge in [-0.1, -0.05) is 24.6 Å². The molecule has 2 heteroatoms. The van der Waals surface area contributed by atoms with Crippen LogP contribution in [0.3, 0.4) is 0 Å². The zero-order valence-electron chi connectivity index (χ0n) is 12.9. The molecule has 2 unspecified atom stereocenters. The van der Waals surface area contributed by atoms with Gasteiger partial charge >= 0.3 is 0 Å². The van der Waals surface area contributed by atoms with E-state index in [-0.39, 0.29) is 0 Å². The molecule has 2 nitrogen and oxygen atoms in total. The minimum atomic E-state index is 0.525. The molecule has 2 aromatic rings. The SMILES string of the molecule is CNC1CCCC(c2cn(C(C)C)c3ccccc23)C1. The van der Waals surface area contributed by atoms with Crippen LogP contribution in [0.4, 0.5) is 0 Å². The molecule has 3 rings (SSSR count). The second-order valence-corrected chi connectivity index (χ2v) is 6.45. The molecule has 0 spiro atoms.